The molecule has 1 saturated carbocycles. The first-order chi connectivity index (χ1) is 20.4. The van der Waals surface area contributed by atoms with Crippen LogP contribution < -0.4 is 5.32 Å². The number of hydrogen-bond acceptors (Lipinski definition) is 9. The van der Waals surface area contributed by atoms with Crippen molar-refractivity contribution >= 4 is 48.7 Å². The third kappa shape index (κ3) is 9.04. The second-order valence-corrected chi connectivity index (χ2v) is 14.9. The van der Waals surface area contributed by atoms with Gasteiger partial charge >= 0.3 is 5.97 Å². The Morgan fingerprint density at radius 1 is 1.07 bits per heavy atom. The number of methoxy groups -OCH3 is 1. The van der Waals surface area contributed by atoms with E-state index >= 15 is 0 Å². The normalized spacial score (nSPS) is 15.2. The molecule has 3 aromatic rings. The second kappa shape index (κ2) is 14.2. The molecular formula is C31H42N4O6S2. The van der Waals surface area contributed by atoms with E-state index in [0.717, 1.165) is 47.3 Å². The van der Waals surface area contributed by atoms with Crippen LogP contribution in [-0.2, 0) is 29.1 Å². The van der Waals surface area contributed by atoms with Gasteiger partial charge in [-0.1, -0.05) is 49.2 Å². The van der Waals surface area contributed by atoms with Gasteiger partial charge in [0.2, 0.25) is 15.9 Å². The molecule has 0 bridgehead atoms. The fraction of sp³-hybridized carbons (Fsp3) is 0.548. The number of nitrogens with zero attached hydrogens (tertiary/aromatic N) is 3. The molecular weight excluding hydrogens is 588 g/mol. The average Bonchev–Trinajstić information content (AvgIpc) is 3.59. The molecule has 0 spiro atoms. The van der Waals surface area contributed by atoms with Crippen LogP contribution in [-0.4, -0.2) is 67.0 Å². The van der Waals surface area contributed by atoms with Crippen LogP contribution in [0.2, 0.25) is 0 Å². The highest BCUT2D eigenvalue weighted by Gasteiger charge is 2.30. The number of rotatable bonds is 13. The number of pyridine rings is 1. The molecule has 1 unspecified atom stereocenters. The molecule has 1 amide bonds. The van der Waals surface area contributed by atoms with Crippen molar-refractivity contribution in [3.8, 4) is 0 Å². The molecule has 2 heterocycles. The fourth-order valence-corrected chi connectivity index (χ4v) is 7.62. The van der Waals surface area contributed by atoms with E-state index < -0.39 is 27.5 Å². The van der Waals surface area contributed by atoms with Crippen molar-refractivity contribution in [1.82, 2.24) is 14.3 Å². The predicted molar refractivity (Wildman–Crippen MR) is 168 cm³/mol. The number of carbonyl (C=O) groups excluding carboxylic acids is 2. The van der Waals surface area contributed by atoms with E-state index in [1.54, 1.807) is 32.9 Å². The zero-order valence-electron chi connectivity index (χ0n) is 25.6. The lowest BCUT2D eigenvalue weighted by atomic mass is 9.87. The first-order valence-corrected chi connectivity index (χ1v) is 17.0. The highest BCUT2D eigenvalue weighted by atomic mass is 32.2. The van der Waals surface area contributed by atoms with Gasteiger partial charge in [0.25, 0.3) is 0 Å². The Bertz CT molecular complexity index is 1510. The molecule has 234 valence electrons. The van der Waals surface area contributed by atoms with E-state index in [4.69, 9.17) is 9.47 Å². The van der Waals surface area contributed by atoms with Crippen molar-refractivity contribution in [2.45, 2.75) is 82.6 Å². The molecule has 12 heteroatoms. The summed E-state index contributed by atoms with van der Waals surface area (Å²) in [7, 11) is -2.44. The molecule has 1 aliphatic carbocycles. The smallest absolute Gasteiger partial charge is 0.307 e. The predicted octanol–water partition coefficient (Wildman–Crippen LogP) is 5.67. The van der Waals surface area contributed by atoms with Crippen LogP contribution in [0.4, 0.5) is 5.13 Å². The van der Waals surface area contributed by atoms with Crippen LogP contribution in [0.15, 0.2) is 41.3 Å². The Morgan fingerprint density at radius 3 is 2.42 bits per heavy atom. The zero-order chi connectivity index (χ0) is 31.2. The van der Waals surface area contributed by atoms with Gasteiger partial charge in [-0.2, -0.15) is 4.31 Å². The lowest BCUT2D eigenvalue weighted by Crippen LogP contribution is -2.36. The number of anilines is 1. The van der Waals surface area contributed by atoms with Gasteiger partial charge in [0.05, 0.1) is 23.8 Å². The van der Waals surface area contributed by atoms with Crippen molar-refractivity contribution in [3.63, 3.8) is 0 Å². The Hall–Kier alpha value is -2.93. The highest BCUT2D eigenvalue weighted by Crippen LogP contribution is 2.36. The molecule has 0 saturated heterocycles. The van der Waals surface area contributed by atoms with Gasteiger partial charge in [0.15, 0.2) is 5.13 Å². The van der Waals surface area contributed by atoms with Crippen LogP contribution in [0.25, 0.3) is 10.3 Å². The molecule has 4 rings (SSSR count). The molecule has 43 heavy (non-hydrogen) atoms. The summed E-state index contributed by atoms with van der Waals surface area (Å²) in [4.78, 5) is 35.8. The number of amides is 1. The van der Waals surface area contributed by atoms with E-state index in [-0.39, 0.29) is 36.9 Å². The minimum absolute atomic E-state index is 0.0361. The molecule has 10 nitrogen and oxygen atoms in total. The first kappa shape index (κ1) is 33.0. The summed E-state index contributed by atoms with van der Waals surface area (Å²) < 4.78 is 38.9. The maximum Gasteiger partial charge on any atom is 0.307 e. The van der Waals surface area contributed by atoms with E-state index in [1.807, 2.05) is 19.1 Å². The van der Waals surface area contributed by atoms with E-state index in [9.17, 15) is 18.0 Å². The summed E-state index contributed by atoms with van der Waals surface area (Å²) >= 11 is 1.34. The number of esters is 1. The fourth-order valence-electron chi connectivity index (χ4n) is 5.30. The Labute approximate surface area is 258 Å². The van der Waals surface area contributed by atoms with Gasteiger partial charge in [-0.3, -0.25) is 9.59 Å². The first-order valence-electron chi connectivity index (χ1n) is 14.7. The third-order valence-corrected chi connectivity index (χ3v) is 10.2. The summed E-state index contributed by atoms with van der Waals surface area (Å²) in [5.41, 5.74) is 1.70. The lowest BCUT2D eigenvalue weighted by molar-refractivity contribution is -0.154. The van der Waals surface area contributed by atoms with Crippen LogP contribution in [0.1, 0.15) is 76.5 Å². The minimum atomic E-state index is -3.93. The van der Waals surface area contributed by atoms with Crippen molar-refractivity contribution in [1.29, 1.82) is 0 Å². The van der Waals surface area contributed by atoms with Crippen molar-refractivity contribution in [2.75, 3.05) is 32.1 Å². The molecule has 1 atom stereocenters. The molecule has 0 aliphatic heterocycles. The monoisotopic (exact) mass is 630 g/mol. The topological polar surface area (TPSA) is 128 Å². The summed E-state index contributed by atoms with van der Waals surface area (Å²) in [6.45, 7) is 7.45. The third-order valence-electron chi connectivity index (χ3n) is 7.44. The summed E-state index contributed by atoms with van der Waals surface area (Å²) in [6.07, 6.45) is 5.05. The number of hydrogen-bond donors (Lipinski definition) is 1. The van der Waals surface area contributed by atoms with Gasteiger partial charge in [0.1, 0.15) is 15.9 Å². The zero-order valence-corrected chi connectivity index (χ0v) is 27.2. The Kier molecular flexibility index (Phi) is 10.9. The summed E-state index contributed by atoms with van der Waals surface area (Å²) in [6, 6.07) is 10.3. The standard InChI is InChI=1S/C31H42N4O6S2/c1-21-10-15-26-29(32-21)42-30(33-26)34-28(37)25(20-22-8-6-7-9-22)23-11-13-24(14-12-23)43(38,39)35(18-19-40-5)17-16-27(36)41-31(2,3)4/h10-15,22,25H,6-9,16-20H2,1-5H3,(H,33,34,37). The molecule has 1 N–H and O–H groups in total. The number of sulfonamides is 1. The molecule has 2 aromatic heterocycles. The Balaban J connectivity index is 1.53. The summed E-state index contributed by atoms with van der Waals surface area (Å²) in [5.74, 6) is -0.674. The average molecular weight is 631 g/mol. The SMILES string of the molecule is COCCN(CCC(=O)OC(C)(C)C)S(=O)(=O)c1ccc(C(CC2CCCC2)C(=O)Nc2nc3ccc(C)nc3s2)cc1. The van der Waals surface area contributed by atoms with Crippen molar-refractivity contribution in [2.24, 2.45) is 5.92 Å². The number of nitrogens with one attached hydrogen (secondary N) is 1. The van der Waals surface area contributed by atoms with Gasteiger partial charge < -0.3 is 14.8 Å². The van der Waals surface area contributed by atoms with Crippen LogP contribution in [0.3, 0.4) is 0 Å². The molecule has 1 aromatic carbocycles. The molecule has 1 fully saturated rings. The number of thiazole rings is 1. The quantitative estimate of drug-likeness (QED) is 0.239. The number of ether oxygens (including phenoxy) is 2. The van der Waals surface area contributed by atoms with Gasteiger partial charge in [-0.25, -0.2) is 18.4 Å². The Morgan fingerprint density at radius 2 is 1.77 bits per heavy atom. The van der Waals surface area contributed by atoms with Crippen LogP contribution in [0, 0.1) is 12.8 Å². The van der Waals surface area contributed by atoms with Gasteiger partial charge in [0, 0.05) is 25.9 Å². The number of carbonyl (C=O) groups is 2. The van der Waals surface area contributed by atoms with E-state index in [0.29, 0.717) is 17.5 Å². The maximum atomic E-state index is 13.7. The van der Waals surface area contributed by atoms with Crippen LogP contribution in [0.5, 0.6) is 0 Å². The van der Waals surface area contributed by atoms with E-state index in [2.05, 4.69) is 15.3 Å². The van der Waals surface area contributed by atoms with E-state index in [1.165, 1.54) is 34.9 Å². The second-order valence-electron chi connectivity index (χ2n) is 12.0. The number of benzene rings is 1. The lowest BCUT2D eigenvalue weighted by Gasteiger charge is -2.24. The summed E-state index contributed by atoms with van der Waals surface area (Å²) in [5, 5.41) is 3.49. The van der Waals surface area contributed by atoms with Crippen molar-refractivity contribution in [3.05, 3.63) is 47.7 Å². The number of fused-ring (bicyclic) bond motifs is 1. The minimum Gasteiger partial charge on any atom is -0.460 e. The maximum absolute atomic E-state index is 13.7. The molecule has 1 aliphatic rings. The van der Waals surface area contributed by atoms with Crippen molar-refractivity contribution < 1.29 is 27.5 Å². The highest BCUT2D eigenvalue weighted by molar-refractivity contribution is 7.89. The van der Waals surface area contributed by atoms with Gasteiger partial charge in [-0.05, 0) is 69.9 Å². The van der Waals surface area contributed by atoms with Gasteiger partial charge in [-0.15, -0.1) is 0 Å². The molecule has 0 radical (unpaired) electrons. The largest absolute Gasteiger partial charge is 0.460 e. The number of aryl methyl sites for hydroxylation is 1. The van der Waals surface area contributed by atoms with Crippen LogP contribution >= 0.6 is 11.3 Å². The number of aromatic nitrogens is 2.